The Bertz CT molecular complexity index is 1000. The number of hydrogen-bond donors (Lipinski definition) is 1. The Hall–Kier alpha value is -2.93. The summed E-state index contributed by atoms with van der Waals surface area (Å²) < 4.78 is 0. The van der Waals surface area contributed by atoms with E-state index in [1.54, 1.807) is 4.90 Å². The average molecular weight is 449 g/mol. The Kier molecular flexibility index (Phi) is 5.83. The first-order valence-corrected chi connectivity index (χ1v) is 11.9. The summed E-state index contributed by atoms with van der Waals surface area (Å²) in [5.74, 6) is 0.0921. The molecule has 2 aromatic rings. The summed E-state index contributed by atoms with van der Waals surface area (Å²) >= 11 is 5.51. The molecule has 2 saturated heterocycles. The molecular formula is C25H28N4O2S. The van der Waals surface area contributed by atoms with E-state index >= 15 is 0 Å². The fraction of sp³-hybridized carbons (Fsp3) is 0.400. The van der Waals surface area contributed by atoms with Gasteiger partial charge in [-0.1, -0.05) is 31.0 Å². The predicted molar refractivity (Wildman–Crippen MR) is 130 cm³/mol. The van der Waals surface area contributed by atoms with Crippen molar-refractivity contribution in [1.82, 2.24) is 10.2 Å². The molecule has 2 aromatic carbocycles. The van der Waals surface area contributed by atoms with Crippen LogP contribution >= 0.6 is 12.2 Å². The van der Waals surface area contributed by atoms with Gasteiger partial charge < -0.3 is 15.1 Å². The normalized spacial score (nSPS) is 23.6. The van der Waals surface area contributed by atoms with Gasteiger partial charge in [0, 0.05) is 43.5 Å². The van der Waals surface area contributed by atoms with E-state index in [0.29, 0.717) is 23.8 Å². The first-order valence-electron chi connectivity index (χ1n) is 11.5. The number of benzene rings is 2. The predicted octanol–water partition coefficient (Wildman–Crippen LogP) is 3.43. The minimum atomic E-state index is -0.0160. The number of carbonyl (C=O) groups is 2. The lowest BCUT2D eigenvalue weighted by molar-refractivity contribution is -0.123. The van der Waals surface area contributed by atoms with E-state index in [4.69, 9.17) is 12.2 Å². The van der Waals surface area contributed by atoms with Crippen LogP contribution in [0.4, 0.5) is 11.4 Å². The zero-order chi connectivity index (χ0) is 22.1. The van der Waals surface area contributed by atoms with Crippen molar-refractivity contribution in [2.24, 2.45) is 5.92 Å². The molecule has 1 N–H and O–H groups in total. The third kappa shape index (κ3) is 3.97. The van der Waals surface area contributed by atoms with Crippen LogP contribution in [0.1, 0.15) is 36.0 Å². The van der Waals surface area contributed by atoms with Crippen molar-refractivity contribution in [2.75, 3.05) is 36.0 Å². The van der Waals surface area contributed by atoms with Crippen LogP contribution in [0.15, 0.2) is 54.6 Å². The van der Waals surface area contributed by atoms with Crippen molar-refractivity contribution in [3.63, 3.8) is 0 Å². The lowest BCUT2D eigenvalue weighted by atomic mass is 9.82. The molecule has 0 bridgehead atoms. The molecule has 2 atom stereocenters. The van der Waals surface area contributed by atoms with E-state index in [1.165, 1.54) is 5.69 Å². The zero-order valence-electron chi connectivity index (χ0n) is 18.1. The standard InChI is InChI=1S/C25H28N4O2S/c30-23(28-16-14-27(15-17-28)19-6-2-1-3-7-19)18-10-12-20(13-11-18)29-24(31)21-8-4-5-9-22(21)26-25(29)32/h1-3,6-7,10-13,21-22H,4-5,8-9,14-17H2,(H,26,32). The number of para-hydroxylation sites is 1. The van der Waals surface area contributed by atoms with Crippen molar-refractivity contribution in [2.45, 2.75) is 31.7 Å². The Morgan fingerprint density at radius 3 is 2.28 bits per heavy atom. The van der Waals surface area contributed by atoms with Crippen LogP contribution in [0.2, 0.25) is 0 Å². The highest BCUT2D eigenvalue weighted by Gasteiger charge is 2.40. The summed E-state index contributed by atoms with van der Waals surface area (Å²) in [6.07, 6.45) is 4.12. The molecule has 1 saturated carbocycles. The quantitative estimate of drug-likeness (QED) is 0.729. The smallest absolute Gasteiger partial charge is 0.253 e. The summed E-state index contributed by atoms with van der Waals surface area (Å²) in [6.45, 7) is 3.02. The second-order valence-corrected chi connectivity index (χ2v) is 9.17. The van der Waals surface area contributed by atoms with Gasteiger partial charge in [0.15, 0.2) is 5.11 Å². The Morgan fingerprint density at radius 1 is 0.875 bits per heavy atom. The van der Waals surface area contributed by atoms with Crippen molar-refractivity contribution in [3.05, 3.63) is 60.2 Å². The van der Waals surface area contributed by atoms with E-state index in [0.717, 1.165) is 44.5 Å². The molecule has 1 aliphatic carbocycles. The molecule has 5 rings (SSSR count). The van der Waals surface area contributed by atoms with E-state index in [-0.39, 0.29) is 23.8 Å². The maximum absolute atomic E-state index is 13.1. The van der Waals surface area contributed by atoms with Crippen molar-refractivity contribution in [3.8, 4) is 0 Å². The van der Waals surface area contributed by atoms with Crippen LogP contribution in [-0.2, 0) is 4.79 Å². The van der Waals surface area contributed by atoms with Crippen LogP contribution < -0.4 is 15.1 Å². The van der Waals surface area contributed by atoms with E-state index in [2.05, 4.69) is 22.3 Å². The highest BCUT2D eigenvalue weighted by molar-refractivity contribution is 7.80. The SMILES string of the molecule is O=C(c1ccc(N2C(=O)C3CCCCC3NC2=S)cc1)N1CCN(c2ccccc2)CC1. The monoisotopic (exact) mass is 448 g/mol. The van der Waals surface area contributed by atoms with Gasteiger partial charge in [0.1, 0.15) is 0 Å². The highest BCUT2D eigenvalue weighted by Crippen LogP contribution is 2.32. The number of carbonyl (C=O) groups excluding carboxylic acids is 2. The van der Waals surface area contributed by atoms with Gasteiger partial charge in [-0.05, 0) is 61.5 Å². The van der Waals surface area contributed by atoms with Crippen molar-refractivity contribution in [1.29, 1.82) is 0 Å². The summed E-state index contributed by atoms with van der Waals surface area (Å²) in [4.78, 5) is 32.0. The van der Waals surface area contributed by atoms with E-state index in [9.17, 15) is 9.59 Å². The Morgan fingerprint density at radius 2 is 1.56 bits per heavy atom. The van der Waals surface area contributed by atoms with Crippen molar-refractivity contribution < 1.29 is 9.59 Å². The van der Waals surface area contributed by atoms with Crippen LogP contribution in [0, 0.1) is 5.92 Å². The first-order chi connectivity index (χ1) is 15.6. The number of rotatable bonds is 3. The topological polar surface area (TPSA) is 55.9 Å². The molecule has 0 aromatic heterocycles. The molecule has 0 radical (unpaired) electrons. The van der Waals surface area contributed by atoms with Gasteiger partial charge in [0.05, 0.1) is 11.6 Å². The number of fused-ring (bicyclic) bond motifs is 1. The van der Waals surface area contributed by atoms with Gasteiger partial charge in [-0.3, -0.25) is 14.5 Å². The summed E-state index contributed by atoms with van der Waals surface area (Å²) in [7, 11) is 0. The molecule has 3 fully saturated rings. The molecule has 166 valence electrons. The van der Waals surface area contributed by atoms with Crippen LogP contribution in [-0.4, -0.2) is 54.0 Å². The van der Waals surface area contributed by atoms with Crippen LogP contribution in [0.3, 0.4) is 0 Å². The molecule has 2 unspecified atom stereocenters. The largest absolute Gasteiger partial charge is 0.368 e. The van der Waals surface area contributed by atoms with Crippen LogP contribution in [0.5, 0.6) is 0 Å². The first kappa shape index (κ1) is 20.9. The lowest BCUT2D eigenvalue weighted by Gasteiger charge is -2.41. The van der Waals surface area contributed by atoms with Crippen LogP contribution in [0.25, 0.3) is 0 Å². The van der Waals surface area contributed by atoms with E-state index < -0.39 is 0 Å². The Labute approximate surface area is 194 Å². The maximum atomic E-state index is 13.1. The van der Waals surface area contributed by atoms with Gasteiger partial charge in [-0.2, -0.15) is 0 Å². The molecule has 6 nitrogen and oxygen atoms in total. The number of nitrogens with zero attached hydrogens (tertiary/aromatic N) is 3. The minimum absolute atomic E-state index is 0.0160. The maximum Gasteiger partial charge on any atom is 0.253 e. The van der Waals surface area contributed by atoms with Gasteiger partial charge in [0.25, 0.3) is 5.91 Å². The molecule has 0 spiro atoms. The van der Waals surface area contributed by atoms with Gasteiger partial charge in [-0.15, -0.1) is 0 Å². The molecule has 3 aliphatic rings. The lowest BCUT2D eigenvalue weighted by Crippen LogP contribution is -2.61. The second kappa shape index (κ2) is 8.90. The van der Waals surface area contributed by atoms with E-state index in [1.807, 2.05) is 47.4 Å². The molecule has 32 heavy (non-hydrogen) atoms. The number of piperazine rings is 1. The number of thiocarbonyl (C=S) groups is 1. The summed E-state index contributed by atoms with van der Waals surface area (Å²) in [5, 5.41) is 3.83. The molecule has 2 aliphatic heterocycles. The van der Waals surface area contributed by atoms with Crippen molar-refractivity contribution >= 4 is 40.5 Å². The number of anilines is 2. The number of amides is 2. The molecule has 2 heterocycles. The average Bonchev–Trinajstić information content (AvgIpc) is 2.85. The number of hydrogen-bond acceptors (Lipinski definition) is 4. The molecule has 2 amide bonds. The van der Waals surface area contributed by atoms with Gasteiger partial charge >= 0.3 is 0 Å². The minimum Gasteiger partial charge on any atom is -0.368 e. The summed E-state index contributed by atoms with van der Waals surface area (Å²) in [6, 6.07) is 17.8. The Balaban J connectivity index is 1.24. The number of nitrogens with one attached hydrogen (secondary N) is 1. The molecular weight excluding hydrogens is 420 g/mol. The summed E-state index contributed by atoms with van der Waals surface area (Å²) in [5.41, 5.74) is 2.56. The highest BCUT2D eigenvalue weighted by atomic mass is 32.1. The fourth-order valence-corrected chi connectivity index (χ4v) is 5.42. The van der Waals surface area contributed by atoms with Gasteiger partial charge in [-0.25, -0.2) is 0 Å². The van der Waals surface area contributed by atoms with Gasteiger partial charge in [0.2, 0.25) is 5.91 Å². The fourth-order valence-electron chi connectivity index (χ4n) is 5.07. The second-order valence-electron chi connectivity index (χ2n) is 8.78. The third-order valence-corrected chi connectivity index (χ3v) is 7.18. The molecule has 7 heteroatoms. The third-order valence-electron chi connectivity index (χ3n) is 6.88. The zero-order valence-corrected chi connectivity index (χ0v) is 18.9.